The molecule has 0 saturated carbocycles. The Kier molecular flexibility index (Phi) is 5.85. The number of rotatable bonds is 5. The topological polar surface area (TPSA) is 70.4 Å². The van der Waals surface area contributed by atoms with E-state index in [1.807, 2.05) is 6.07 Å². The highest BCUT2D eigenvalue weighted by Gasteiger charge is 2.04. The molecular weight excluding hydrogens is 284 g/mol. The van der Waals surface area contributed by atoms with Crippen LogP contribution in [0, 0.1) is 0 Å². The van der Waals surface area contributed by atoms with E-state index in [4.69, 9.17) is 29.6 Å². The van der Waals surface area contributed by atoms with E-state index in [2.05, 4.69) is 10.6 Å². The van der Waals surface area contributed by atoms with Gasteiger partial charge < -0.3 is 21.3 Å². The average Bonchev–Trinajstić information content (AvgIpc) is 2.35. The molecule has 1 rings (SSSR count). The number of carbonyl (C=O) groups is 1. The second-order valence-electron chi connectivity index (χ2n) is 4.11. The Morgan fingerprint density at radius 3 is 2.63 bits per heavy atom. The van der Waals surface area contributed by atoms with Crippen molar-refractivity contribution in [2.75, 3.05) is 32.5 Å². The fraction of sp³-hybridized carbons (Fsp3) is 0.333. The van der Waals surface area contributed by atoms with Crippen LogP contribution in [0.25, 0.3) is 0 Å². The summed E-state index contributed by atoms with van der Waals surface area (Å²) in [7, 11) is 3.38. The zero-order chi connectivity index (χ0) is 14.4. The highest BCUT2D eigenvalue weighted by molar-refractivity contribution is 7.80. The van der Waals surface area contributed by atoms with Crippen molar-refractivity contribution in [2.24, 2.45) is 5.73 Å². The lowest BCUT2D eigenvalue weighted by molar-refractivity contribution is 0.218. The number of nitrogens with one attached hydrogen (secondary N) is 2. The van der Waals surface area contributed by atoms with Gasteiger partial charge in [-0.15, -0.1) is 0 Å². The number of hydrogen-bond donors (Lipinski definition) is 3. The van der Waals surface area contributed by atoms with Crippen LogP contribution in [0.5, 0.6) is 0 Å². The Labute approximate surface area is 123 Å². The molecule has 0 bridgehead atoms. The molecule has 0 radical (unpaired) electrons. The van der Waals surface area contributed by atoms with Crippen LogP contribution in [0.1, 0.15) is 5.56 Å². The van der Waals surface area contributed by atoms with E-state index in [0.717, 1.165) is 11.3 Å². The molecule has 0 saturated heterocycles. The number of anilines is 1. The van der Waals surface area contributed by atoms with Gasteiger partial charge in [-0.2, -0.15) is 0 Å². The molecule has 7 heteroatoms. The lowest BCUT2D eigenvalue weighted by Crippen LogP contribution is -2.37. The molecular formula is C12H17ClN4OS. The van der Waals surface area contributed by atoms with Crippen molar-refractivity contribution < 1.29 is 4.79 Å². The Hall–Kier alpha value is -1.53. The molecule has 0 spiro atoms. The summed E-state index contributed by atoms with van der Waals surface area (Å²) in [6, 6.07) is 5.20. The standard InChI is InChI=1S/C12H17ClN4OS/c1-17(2)12(18)16-6-5-15-10-4-3-8(11(14)19)7-9(10)13/h3-4,7,15H,5-6H2,1-2H3,(H2,14,19)(H,16,18). The van der Waals surface area contributed by atoms with Gasteiger partial charge in [0.2, 0.25) is 0 Å². The minimum absolute atomic E-state index is 0.128. The van der Waals surface area contributed by atoms with E-state index in [0.29, 0.717) is 23.1 Å². The Morgan fingerprint density at radius 2 is 2.11 bits per heavy atom. The summed E-state index contributed by atoms with van der Waals surface area (Å²) < 4.78 is 0. The molecule has 0 unspecified atom stereocenters. The van der Waals surface area contributed by atoms with Crippen molar-refractivity contribution in [1.29, 1.82) is 0 Å². The van der Waals surface area contributed by atoms with E-state index >= 15 is 0 Å². The van der Waals surface area contributed by atoms with Gasteiger partial charge in [-0.3, -0.25) is 0 Å². The van der Waals surface area contributed by atoms with Crippen molar-refractivity contribution >= 4 is 40.5 Å². The molecule has 0 aliphatic carbocycles. The van der Waals surface area contributed by atoms with Crippen LogP contribution >= 0.6 is 23.8 Å². The Morgan fingerprint density at radius 1 is 1.42 bits per heavy atom. The van der Waals surface area contributed by atoms with Gasteiger partial charge in [-0.05, 0) is 18.2 Å². The second kappa shape index (κ2) is 7.16. The van der Waals surface area contributed by atoms with Crippen molar-refractivity contribution in [2.45, 2.75) is 0 Å². The molecule has 1 aromatic rings. The van der Waals surface area contributed by atoms with Crippen molar-refractivity contribution in [1.82, 2.24) is 10.2 Å². The zero-order valence-electron chi connectivity index (χ0n) is 10.9. The third-order valence-electron chi connectivity index (χ3n) is 2.38. The molecule has 0 aliphatic rings. The maximum Gasteiger partial charge on any atom is 0.316 e. The lowest BCUT2D eigenvalue weighted by atomic mass is 10.2. The van der Waals surface area contributed by atoms with Gasteiger partial charge in [0.1, 0.15) is 4.99 Å². The van der Waals surface area contributed by atoms with Gasteiger partial charge >= 0.3 is 6.03 Å². The predicted octanol–water partition coefficient (Wildman–Crippen LogP) is 1.66. The van der Waals surface area contributed by atoms with Crippen LogP contribution in [0.15, 0.2) is 18.2 Å². The van der Waals surface area contributed by atoms with Crippen LogP contribution in [-0.2, 0) is 0 Å². The van der Waals surface area contributed by atoms with Crippen LogP contribution < -0.4 is 16.4 Å². The molecule has 1 aromatic carbocycles. The molecule has 0 fully saturated rings. The normalized spacial score (nSPS) is 9.84. The summed E-state index contributed by atoms with van der Waals surface area (Å²) >= 11 is 11.0. The van der Waals surface area contributed by atoms with Crippen molar-refractivity contribution in [3.8, 4) is 0 Å². The van der Waals surface area contributed by atoms with Crippen LogP contribution in [0.4, 0.5) is 10.5 Å². The molecule has 2 amide bonds. The van der Waals surface area contributed by atoms with E-state index < -0.39 is 0 Å². The Balaban J connectivity index is 2.46. The zero-order valence-corrected chi connectivity index (χ0v) is 12.4. The summed E-state index contributed by atoms with van der Waals surface area (Å²) in [5, 5.41) is 6.41. The minimum atomic E-state index is -0.128. The number of nitrogens with two attached hydrogens (primary N) is 1. The summed E-state index contributed by atoms with van der Waals surface area (Å²) in [5.41, 5.74) is 7.02. The third kappa shape index (κ3) is 4.92. The molecule has 5 nitrogen and oxygen atoms in total. The summed E-state index contributed by atoms with van der Waals surface area (Å²) in [6.45, 7) is 1.08. The number of hydrogen-bond acceptors (Lipinski definition) is 3. The lowest BCUT2D eigenvalue weighted by Gasteiger charge is -2.13. The summed E-state index contributed by atoms with van der Waals surface area (Å²) in [6.07, 6.45) is 0. The molecule has 0 aromatic heterocycles. The van der Waals surface area contributed by atoms with Crippen LogP contribution in [0.3, 0.4) is 0 Å². The van der Waals surface area contributed by atoms with Crippen molar-refractivity contribution in [3.63, 3.8) is 0 Å². The number of thiocarbonyl (C=S) groups is 1. The fourth-order valence-electron chi connectivity index (χ4n) is 1.34. The average molecular weight is 301 g/mol. The number of carbonyl (C=O) groups excluding carboxylic acids is 1. The number of urea groups is 1. The van der Waals surface area contributed by atoms with Crippen LogP contribution in [-0.4, -0.2) is 43.1 Å². The first-order valence-electron chi connectivity index (χ1n) is 5.70. The van der Waals surface area contributed by atoms with Gasteiger partial charge in [0, 0.05) is 32.7 Å². The van der Waals surface area contributed by atoms with E-state index in [1.165, 1.54) is 4.90 Å². The summed E-state index contributed by atoms with van der Waals surface area (Å²) in [4.78, 5) is 13.1. The first-order valence-corrected chi connectivity index (χ1v) is 6.49. The van der Waals surface area contributed by atoms with Gasteiger partial charge in [-0.1, -0.05) is 23.8 Å². The molecule has 19 heavy (non-hydrogen) atoms. The summed E-state index contributed by atoms with van der Waals surface area (Å²) in [5.74, 6) is 0. The van der Waals surface area contributed by atoms with Gasteiger partial charge in [0.05, 0.1) is 10.7 Å². The Bertz CT molecular complexity index is 479. The highest BCUT2D eigenvalue weighted by atomic mass is 35.5. The monoisotopic (exact) mass is 300 g/mol. The molecule has 4 N–H and O–H groups in total. The maximum absolute atomic E-state index is 11.3. The smallest absolute Gasteiger partial charge is 0.316 e. The molecule has 0 heterocycles. The minimum Gasteiger partial charge on any atom is -0.389 e. The first-order chi connectivity index (χ1) is 8.91. The van der Waals surface area contributed by atoms with Gasteiger partial charge in [-0.25, -0.2) is 4.79 Å². The van der Waals surface area contributed by atoms with Gasteiger partial charge in [0.15, 0.2) is 0 Å². The first kappa shape index (κ1) is 15.5. The number of amides is 2. The molecule has 104 valence electrons. The number of benzene rings is 1. The third-order valence-corrected chi connectivity index (χ3v) is 2.92. The SMILES string of the molecule is CN(C)C(=O)NCCNc1ccc(C(N)=S)cc1Cl. The largest absolute Gasteiger partial charge is 0.389 e. The second-order valence-corrected chi connectivity index (χ2v) is 4.96. The number of halogens is 1. The maximum atomic E-state index is 11.3. The van der Waals surface area contributed by atoms with E-state index in [9.17, 15) is 4.79 Å². The predicted molar refractivity (Wildman–Crippen MR) is 82.9 cm³/mol. The quantitative estimate of drug-likeness (QED) is 0.571. The van der Waals surface area contributed by atoms with E-state index in [-0.39, 0.29) is 6.03 Å². The fourth-order valence-corrected chi connectivity index (χ4v) is 1.71. The van der Waals surface area contributed by atoms with Crippen molar-refractivity contribution in [3.05, 3.63) is 28.8 Å². The van der Waals surface area contributed by atoms with E-state index in [1.54, 1.807) is 26.2 Å². The van der Waals surface area contributed by atoms with Gasteiger partial charge in [0.25, 0.3) is 0 Å². The molecule has 0 aliphatic heterocycles. The highest BCUT2D eigenvalue weighted by Crippen LogP contribution is 2.22. The number of nitrogens with zero attached hydrogens (tertiary/aromatic N) is 1. The molecule has 0 atom stereocenters. The van der Waals surface area contributed by atoms with Crippen LogP contribution in [0.2, 0.25) is 5.02 Å².